The third-order valence-corrected chi connectivity index (χ3v) is 3.97. The van der Waals surface area contributed by atoms with E-state index in [0.717, 1.165) is 5.56 Å². The predicted molar refractivity (Wildman–Crippen MR) is 92.9 cm³/mol. The topological polar surface area (TPSA) is 47.8 Å². The Balaban J connectivity index is 1.57. The van der Waals surface area contributed by atoms with Crippen molar-refractivity contribution in [3.05, 3.63) is 95.8 Å². The molecule has 0 atom stereocenters. The molecule has 0 aliphatic rings. The van der Waals surface area contributed by atoms with Crippen LogP contribution in [0.3, 0.4) is 0 Å². The SMILES string of the molecule is O=C(c1ccccc1)c1cn(Cc2ccc3ccccc3c2)nn1. The molecule has 116 valence electrons. The first kappa shape index (κ1) is 14.3. The van der Waals surface area contributed by atoms with Crippen LogP contribution in [-0.4, -0.2) is 20.8 Å². The van der Waals surface area contributed by atoms with Crippen LogP contribution >= 0.6 is 0 Å². The fourth-order valence-electron chi connectivity index (χ4n) is 2.74. The highest BCUT2D eigenvalue weighted by molar-refractivity contribution is 6.07. The summed E-state index contributed by atoms with van der Waals surface area (Å²) in [6.45, 7) is 0.583. The molecule has 24 heavy (non-hydrogen) atoms. The van der Waals surface area contributed by atoms with E-state index in [1.165, 1.54) is 10.8 Å². The Labute approximate surface area is 139 Å². The summed E-state index contributed by atoms with van der Waals surface area (Å²) in [4.78, 5) is 12.4. The lowest BCUT2D eigenvalue weighted by Crippen LogP contribution is -2.02. The van der Waals surface area contributed by atoms with Gasteiger partial charge in [0.05, 0.1) is 12.7 Å². The van der Waals surface area contributed by atoms with Crippen molar-refractivity contribution in [2.75, 3.05) is 0 Å². The second-order valence-corrected chi connectivity index (χ2v) is 5.68. The molecule has 4 aromatic rings. The average Bonchev–Trinajstić information content (AvgIpc) is 3.10. The van der Waals surface area contributed by atoms with Crippen molar-refractivity contribution in [2.45, 2.75) is 6.54 Å². The highest BCUT2D eigenvalue weighted by Crippen LogP contribution is 2.16. The molecule has 0 fully saturated rings. The lowest BCUT2D eigenvalue weighted by atomic mass is 10.1. The van der Waals surface area contributed by atoms with Crippen LogP contribution < -0.4 is 0 Å². The number of hydrogen-bond acceptors (Lipinski definition) is 3. The Kier molecular flexibility index (Phi) is 3.63. The number of rotatable bonds is 4. The largest absolute Gasteiger partial charge is 0.287 e. The first-order valence-electron chi connectivity index (χ1n) is 7.77. The van der Waals surface area contributed by atoms with Crippen LogP contribution in [0.1, 0.15) is 21.6 Å². The van der Waals surface area contributed by atoms with Crippen LogP contribution in [-0.2, 0) is 6.54 Å². The van der Waals surface area contributed by atoms with Crippen molar-refractivity contribution in [1.29, 1.82) is 0 Å². The van der Waals surface area contributed by atoms with Gasteiger partial charge in [-0.05, 0) is 22.4 Å². The summed E-state index contributed by atoms with van der Waals surface area (Å²) in [7, 11) is 0. The molecule has 0 bridgehead atoms. The van der Waals surface area contributed by atoms with Gasteiger partial charge < -0.3 is 0 Å². The van der Waals surface area contributed by atoms with Gasteiger partial charge in [0.2, 0.25) is 5.78 Å². The summed E-state index contributed by atoms with van der Waals surface area (Å²) < 4.78 is 1.69. The van der Waals surface area contributed by atoms with Crippen molar-refractivity contribution in [3.8, 4) is 0 Å². The summed E-state index contributed by atoms with van der Waals surface area (Å²) in [6.07, 6.45) is 1.70. The number of benzene rings is 3. The number of carbonyl (C=O) groups is 1. The van der Waals surface area contributed by atoms with Crippen molar-refractivity contribution in [2.24, 2.45) is 0 Å². The Morgan fingerprint density at radius 1 is 0.875 bits per heavy atom. The summed E-state index contributed by atoms with van der Waals surface area (Å²) in [6, 6.07) is 23.7. The minimum absolute atomic E-state index is 0.111. The maximum absolute atomic E-state index is 12.4. The standard InChI is InChI=1S/C20H15N3O/c24-20(17-7-2-1-3-8-17)19-14-23(22-21-19)13-15-10-11-16-6-4-5-9-18(16)12-15/h1-12,14H,13H2. The Bertz CT molecular complexity index is 1010. The first-order chi connectivity index (χ1) is 11.8. The number of ketones is 1. The molecule has 4 heteroatoms. The van der Waals surface area contributed by atoms with Crippen molar-refractivity contribution in [1.82, 2.24) is 15.0 Å². The van der Waals surface area contributed by atoms with E-state index in [0.29, 0.717) is 17.8 Å². The van der Waals surface area contributed by atoms with Crippen LogP contribution in [0.5, 0.6) is 0 Å². The second kappa shape index (κ2) is 6.08. The molecule has 3 aromatic carbocycles. The van der Waals surface area contributed by atoms with Crippen LogP contribution in [0.4, 0.5) is 0 Å². The van der Waals surface area contributed by atoms with Crippen LogP contribution in [0.2, 0.25) is 0 Å². The summed E-state index contributed by atoms with van der Waals surface area (Å²) in [5.74, 6) is -0.111. The first-order valence-corrected chi connectivity index (χ1v) is 7.77. The van der Waals surface area contributed by atoms with E-state index < -0.39 is 0 Å². The summed E-state index contributed by atoms with van der Waals surface area (Å²) >= 11 is 0. The predicted octanol–water partition coefficient (Wildman–Crippen LogP) is 3.71. The smallest absolute Gasteiger partial charge is 0.214 e. The molecule has 0 spiro atoms. The normalized spacial score (nSPS) is 10.8. The number of carbonyl (C=O) groups excluding carboxylic acids is 1. The van der Waals surface area contributed by atoms with E-state index in [4.69, 9.17) is 0 Å². The molecule has 4 rings (SSSR count). The zero-order valence-corrected chi connectivity index (χ0v) is 13.0. The highest BCUT2D eigenvalue weighted by atomic mass is 16.1. The zero-order valence-electron chi connectivity index (χ0n) is 13.0. The third kappa shape index (κ3) is 2.82. The van der Waals surface area contributed by atoms with E-state index in [1.807, 2.05) is 30.3 Å². The van der Waals surface area contributed by atoms with Gasteiger partial charge in [-0.1, -0.05) is 71.9 Å². The van der Waals surface area contributed by atoms with Gasteiger partial charge in [0.15, 0.2) is 5.69 Å². The monoisotopic (exact) mass is 313 g/mol. The molecule has 0 saturated carbocycles. The molecular formula is C20H15N3O. The van der Waals surface area contributed by atoms with Crippen molar-refractivity contribution < 1.29 is 4.79 Å². The van der Waals surface area contributed by atoms with Gasteiger partial charge in [0, 0.05) is 5.56 Å². The number of hydrogen-bond donors (Lipinski definition) is 0. The lowest BCUT2D eigenvalue weighted by molar-refractivity contribution is 0.103. The summed E-state index contributed by atoms with van der Waals surface area (Å²) in [5.41, 5.74) is 2.11. The number of nitrogens with zero attached hydrogens (tertiary/aromatic N) is 3. The van der Waals surface area contributed by atoms with Gasteiger partial charge in [-0.3, -0.25) is 4.79 Å². The van der Waals surface area contributed by atoms with Gasteiger partial charge in [-0.25, -0.2) is 4.68 Å². The quantitative estimate of drug-likeness (QED) is 0.540. The minimum atomic E-state index is -0.111. The minimum Gasteiger partial charge on any atom is -0.287 e. The fraction of sp³-hybridized carbons (Fsp3) is 0.0500. The Morgan fingerprint density at radius 3 is 2.46 bits per heavy atom. The number of aromatic nitrogens is 3. The van der Waals surface area contributed by atoms with Gasteiger partial charge in [0.1, 0.15) is 0 Å². The van der Waals surface area contributed by atoms with Crippen LogP contribution in [0, 0.1) is 0 Å². The molecule has 0 N–H and O–H groups in total. The van der Waals surface area contributed by atoms with E-state index >= 15 is 0 Å². The Hall–Kier alpha value is -3.27. The number of fused-ring (bicyclic) bond motifs is 1. The van der Waals surface area contributed by atoms with Gasteiger partial charge in [-0.15, -0.1) is 5.10 Å². The van der Waals surface area contributed by atoms with Crippen LogP contribution in [0.15, 0.2) is 79.0 Å². The molecule has 0 radical (unpaired) electrons. The van der Waals surface area contributed by atoms with Gasteiger partial charge in [0.25, 0.3) is 0 Å². The zero-order chi connectivity index (χ0) is 16.4. The van der Waals surface area contributed by atoms with E-state index in [-0.39, 0.29) is 5.78 Å². The molecular weight excluding hydrogens is 298 g/mol. The summed E-state index contributed by atoms with van der Waals surface area (Å²) in [5, 5.41) is 10.5. The lowest BCUT2D eigenvalue weighted by Gasteiger charge is -2.03. The molecule has 0 amide bonds. The average molecular weight is 313 g/mol. The Morgan fingerprint density at radius 2 is 1.62 bits per heavy atom. The molecule has 1 aromatic heterocycles. The third-order valence-electron chi connectivity index (χ3n) is 3.97. The maximum atomic E-state index is 12.4. The van der Waals surface area contributed by atoms with Crippen molar-refractivity contribution >= 4 is 16.6 Å². The van der Waals surface area contributed by atoms with Gasteiger partial charge >= 0.3 is 0 Å². The molecule has 0 unspecified atom stereocenters. The van der Waals surface area contributed by atoms with E-state index in [1.54, 1.807) is 23.0 Å². The van der Waals surface area contributed by atoms with E-state index in [9.17, 15) is 4.79 Å². The second-order valence-electron chi connectivity index (χ2n) is 5.68. The van der Waals surface area contributed by atoms with Crippen molar-refractivity contribution in [3.63, 3.8) is 0 Å². The fourth-order valence-corrected chi connectivity index (χ4v) is 2.74. The molecule has 4 nitrogen and oxygen atoms in total. The molecule has 0 aliphatic heterocycles. The van der Waals surface area contributed by atoms with Gasteiger partial charge in [-0.2, -0.15) is 0 Å². The maximum Gasteiger partial charge on any atom is 0.214 e. The highest BCUT2D eigenvalue weighted by Gasteiger charge is 2.13. The van der Waals surface area contributed by atoms with E-state index in [2.05, 4.69) is 40.6 Å². The molecule has 0 saturated heterocycles. The molecule has 1 heterocycles. The molecule has 0 aliphatic carbocycles. The van der Waals surface area contributed by atoms with Crippen LogP contribution in [0.25, 0.3) is 10.8 Å².